The second-order valence-electron chi connectivity index (χ2n) is 6.18. The van der Waals surface area contributed by atoms with Crippen molar-refractivity contribution in [3.63, 3.8) is 0 Å². The highest BCUT2D eigenvalue weighted by atomic mass is 32.2. The molecule has 0 aliphatic heterocycles. The summed E-state index contributed by atoms with van der Waals surface area (Å²) in [6.07, 6.45) is 5.98. The number of aromatic nitrogens is 3. The van der Waals surface area contributed by atoms with Gasteiger partial charge in [-0.05, 0) is 37.7 Å². The molecule has 2 heterocycles. The number of thioether (sulfide) groups is 1. The average Bonchev–Trinajstić information content (AvgIpc) is 3.17. The first kappa shape index (κ1) is 18.7. The van der Waals surface area contributed by atoms with E-state index in [1.807, 2.05) is 0 Å². The molecule has 0 saturated heterocycles. The Morgan fingerprint density at radius 2 is 2.27 bits per heavy atom. The fourth-order valence-electron chi connectivity index (χ4n) is 2.99. The molecule has 0 atom stereocenters. The van der Waals surface area contributed by atoms with Crippen molar-refractivity contribution in [1.29, 1.82) is 5.26 Å². The van der Waals surface area contributed by atoms with Gasteiger partial charge in [0.1, 0.15) is 11.1 Å². The maximum Gasteiger partial charge on any atom is 0.343 e. The van der Waals surface area contributed by atoms with E-state index < -0.39 is 0 Å². The van der Waals surface area contributed by atoms with Crippen molar-refractivity contribution in [2.24, 2.45) is 0 Å². The minimum Gasteiger partial charge on any atom is -0.316 e. The van der Waals surface area contributed by atoms with Crippen LogP contribution in [0.4, 0.5) is 5.00 Å². The summed E-state index contributed by atoms with van der Waals surface area (Å²) in [6, 6.07) is 2.24. The lowest BCUT2D eigenvalue weighted by Crippen LogP contribution is -2.19. The highest BCUT2D eigenvalue weighted by Gasteiger charge is 2.22. The molecule has 0 saturated carbocycles. The first-order valence-electron chi connectivity index (χ1n) is 8.76. The average molecular weight is 392 g/mol. The van der Waals surface area contributed by atoms with Gasteiger partial charge >= 0.3 is 5.69 Å². The van der Waals surface area contributed by atoms with Crippen LogP contribution in [0.25, 0.3) is 0 Å². The normalized spacial score (nSPS) is 13.2. The summed E-state index contributed by atoms with van der Waals surface area (Å²) in [7, 11) is 0. The lowest BCUT2D eigenvalue weighted by atomic mass is 9.96. The van der Waals surface area contributed by atoms with E-state index in [1.54, 1.807) is 4.57 Å². The molecule has 1 aliphatic rings. The third-order valence-electron chi connectivity index (χ3n) is 4.33. The third-order valence-corrected chi connectivity index (χ3v) is 6.51. The van der Waals surface area contributed by atoms with E-state index in [2.05, 4.69) is 28.5 Å². The largest absolute Gasteiger partial charge is 0.343 e. The molecule has 2 N–H and O–H groups in total. The van der Waals surface area contributed by atoms with Gasteiger partial charge in [-0.3, -0.25) is 9.36 Å². The summed E-state index contributed by atoms with van der Waals surface area (Å²) in [5.74, 6) is -0.0493. The lowest BCUT2D eigenvalue weighted by Gasteiger charge is -2.09. The van der Waals surface area contributed by atoms with Crippen LogP contribution in [-0.4, -0.2) is 26.4 Å². The van der Waals surface area contributed by atoms with Gasteiger partial charge in [0.2, 0.25) is 5.91 Å². The van der Waals surface area contributed by atoms with Gasteiger partial charge in [-0.2, -0.15) is 5.26 Å². The summed E-state index contributed by atoms with van der Waals surface area (Å²) in [4.78, 5) is 25.3. The van der Waals surface area contributed by atoms with Crippen molar-refractivity contribution in [2.45, 2.75) is 57.1 Å². The van der Waals surface area contributed by atoms with E-state index in [0.717, 1.165) is 44.1 Å². The number of fused-ring (bicyclic) bond motifs is 1. The van der Waals surface area contributed by atoms with E-state index in [1.165, 1.54) is 28.0 Å². The number of aryl methyl sites for hydroxylation is 1. The second-order valence-corrected chi connectivity index (χ2v) is 8.23. The fraction of sp³-hybridized carbons (Fsp3) is 0.529. The zero-order valence-electron chi connectivity index (χ0n) is 14.6. The number of nitrogens with one attached hydrogen (secondary N) is 2. The number of thiophene rings is 1. The van der Waals surface area contributed by atoms with Crippen LogP contribution in [0.5, 0.6) is 0 Å². The minimum atomic E-state index is -0.251. The SMILES string of the molecule is CCCCn1c(SCC(=O)Nc2sc3c(c2C#N)CCCC3)n[nH]c1=O. The van der Waals surface area contributed by atoms with Crippen LogP contribution in [0.15, 0.2) is 9.95 Å². The predicted molar refractivity (Wildman–Crippen MR) is 103 cm³/mol. The molecule has 0 unspecified atom stereocenters. The molecule has 26 heavy (non-hydrogen) atoms. The molecule has 9 heteroatoms. The van der Waals surface area contributed by atoms with Gasteiger partial charge in [0.15, 0.2) is 5.16 Å². The molecule has 0 radical (unpaired) electrons. The summed E-state index contributed by atoms with van der Waals surface area (Å²) in [5.41, 5.74) is 1.47. The van der Waals surface area contributed by atoms with E-state index in [9.17, 15) is 14.9 Å². The van der Waals surface area contributed by atoms with E-state index in [4.69, 9.17) is 0 Å². The first-order chi connectivity index (χ1) is 12.6. The van der Waals surface area contributed by atoms with Gasteiger partial charge < -0.3 is 5.32 Å². The maximum atomic E-state index is 12.3. The van der Waals surface area contributed by atoms with Gasteiger partial charge in [0.25, 0.3) is 0 Å². The molecule has 0 fully saturated rings. The van der Waals surface area contributed by atoms with Crippen LogP contribution in [0.1, 0.15) is 48.6 Å². The highest BCUT2D eigenvalue weighted by molar-refractivity contribution is 7.99. The number of rotatable bonds is 7. The molecule has 1 aliphatic carbocycles. The predicted octanol–water partition coefficient (Wildman–Crippen LogP) is 2.91. The molecule has 1 amide bonds. The number of amides is 1. The number of carbonyl (C=O) groups is 1. The topological polar surface area (TPSA) is 104 Å². The Bertz CT molecular complexity index is 890. The number of H-pyrrole nitrogens is 1. The molecular formula is C17H21N5O2S2. The molecular weight excluding hydrogens is 370 g/mol. The van der Waals surface area contributed by atoms with Gasteiger partial charge in [-0.1, -0.05) is 25.1 Å². The molecule has 0 spiro atoms. The van der Waals surface area contributed by atoms with Crippen LogP contribution in [0.2, 0.25) is 0 Å². The van der Waals surface area contributed by atoms with Gasteiger partial charge in [0.05, 0.1) is 11.3 Å². The Morgan fingerprint density at radius 1 is 1.46 bits per heavy atom. The van der Waals surface area contributed by atoms with Crippen molar-refractivity contribution in [3.05, 3.63) is 26.5 Å². The van der Waals surface area contributed by atoms with Gasteiger partial charge in [0, 0.05) is 11.4 Å². The number of hydrogen-bond donors (Lipinski definition) is 2. The number of aromatic amines is 1. The number of unbranched alkanes of at least 4 members (excludes halogenated alkanes) is 1. The van der Waals surface area contributed by atoms with Gasteiger partial charge in [-0.25, -0.2) is 9.89 Å². The van der Waals surface area contributed by atoms with Crippen molar-refractivity contribution < 1.29 is 4.79 Å². The van der Waals surface area contributed by atoms with E-state index in [0.29, 0.717) is 22.3 Å². The van der Waals surface area contributed by atoms with Crippen molar-refractivity contribution >= 4 is 34.0 Å². The van der Waals surface area contributed by atoms with Crippen LogP contribution in [0.3, 0.4) is 0 Å². The summed E-state index contributed by atoms with van der Waals surface area (Å²) >= 11 is 2.74. The Kier molecular flexibility index (Phi) is 6.16. The highest BCUT2D eigenvalue weighted by Crippen LogP contribution is 2.37. The van der Waals surface area contributed by atoms with E-state index in [-0.39, 0.29) is 17.3 Å². The molecule has 0 bridgehead atoms. The number of nitriles is 1. The monoisotopic (exact) mass is 391 g/mol. The zero-order valence-corrected chi connectivity index (χ0v) is 16.3. The zero-order chi connectivity index (χ0) is 18.5. The second kappa shape index (κ2) is 8.56. The summed E-state index contributed by atoms with van der Waals surface area (Å²) < 4.78 is 1.56. The van der Waals surface area contributed by atoms with Crippen molar-refractivity contribution in [1.82, 2.24) is 14.8 Å². The third kappa shape index (κ3) is 4.02. The number of carbonyl (C=O) groups excluding carboxylic acids is 1. The molecule has 0 aromatic carbocycles. The van der Waals surface area contributed by atoms with Crippen LogP contribution in [-0.2, 0) is 24.2 Å². The van der Waals surface area contributed by atoms with Crippen LogP contribution >= 0.6 is 23.1 Å². The Labute approximate surface area is 159 Å². The molecule has 7 nitrogen and oxygen atoms in total. The Hall–Kier alpha value is -2.05. The Morgan fingerprint density at radius 3 is 3.04 bits per heavy atom. The number of anilines is 1. The summed E-state index contributed by atoms with van der Waals surface area (Å²) in [6.45, 7) is 2.64. The lowest BCUT2D eigenvalue weighted by molar-refractivity contribution is -0.113. The smallest absolute Gasteiger partial charge is 0.316 e. The molecule has 3 rings (SSSR count). The van der Waals surface area contributed by atoms with Crippen molar-refractivity contribution in [2.75, 3.05) is 11.1 Å². The maximum absolute atomic E-state index is 12.3. The van der Waals surface area contributed by atoms with Crippen LogP contribution < -0.4 is 11.0 Å². The molecule has 2 aromatic heterocycles. The molecule has 2 aromatic rings. The van der Waals surface area contributed by atoms with Crippen LogP contribution in [0, 0.1) is 11.3 Å². The first-order valence-corrected chi connectivity index (χ1v) is 10.6. The van der Waals surface area contributed by atoms with Crippen molar-refractivity contribution in [3.8, 4) is 6.07 Å². The quantitative estimate of drug-likeness (QED) is 0.706. The standard InChI is InChI=1S/C17H21N5O2S2/c1-2-3-8-22-16(24)20-21-17(22)25-10-14(23)19-15-12(9-18)11-6-4-5-7-13(11)26-15/h2-8,10H2,1H3,(H,19,23)(H,20,24). The van der Waals surface area contributed by atoms with Gasteiger partial charge in [-0.15, -0.1) is 16.4 Å². The number of hydrogen-bond acceptors (Lipinski definition) is 6. The molecule has 138 valence electrons. The number of nitrogens with zero attached hydrogens (tertiary/aromatic N) is 3. The van der Waals surface area contributed by atoms with E-state index >= 15 is 0 Å². The Balaban J connectivity index is 1.65. The summed E-state index contributed by atoms with van der Waals surface area (Å²) in [5, 5.41) is 19.9. The fourth-order valence-corrected chi connectivity index (χ4v) is 5.02. The minimum absolute atomic E-state index is 0.143.